The molecule has 0 saturated heterocycles. The quantitative estimate of drug-likeness (QED) is 0.762. The summed E-state index contributed by atoms with van der Waals surface area (Å²) in [5, 5.41) is 18.3. The maximum atomic E-state index is 10.1. The van der Waals surface area contributed by atoms with E-state index in [2.05, 4.69) is 15.2 Å². The van der Waals surface area contributed by atoms with Crippen molar-refractivity contribution in [1.82, 2.24) is 19.9 Å². The van der Waals surface area contributed by atoms with Crippen molar-refractivity contribution in [2.45, 2.75) is 24.8 Å². The zero-order valence-corrected chi connectivity index (χ0v) is 13.0. The molecule has 0 radical (unpaired) electrons. The van der Waals surface area contributed by atoms with Crippen LogP contribution in [-0.2, 0) is 5.54 Å². The fraction of sp³-hybridized carbons (Fsp3) is 0.267. The summed E-state index contributed by atoms with van der Waals surface area (Å²) in [6.45, 7) is 0. The number of aromatic hydroxyl groups is 1. The van der Waals surface area contributed by atoms with Gasteiger partial charge in [0.15, 0.2) is 17.3 Å². The fourth-order valence-electron chi connectivity index (χ4n) is 2.53. The third-order valence-electron chi connectivity index (χ3n) is 4.04. The monoisotopic (exact) mass is 333 g/mol. The summed E-state index contributed by atoms with van der Waals surface area (Å²) >= 11 is 0. The second kappa shape index (κ2) is 5.68. The molecule has 1 saturated carbocycles. The van der Waals surface area contributed by atoms with Crippen molar-refractivity contribution in [2.75, 3.05) is 0 Å². The number of benzene rings is 1. The third kappa shape index (κ3) is 2.58. The maximum Gasteiger partial charge on any atom is 0.282 e. The Morgan fingerprint density at radius 3 is 2.61 bits per heavy atom. The van der Waals surface area contributed by atoms with E-state index >= 15 is 0 Å². The Labute approximate surface area is 138 Å². The number of hydrogen-bond acceptors (Lipinski definition) is 6. The zero-order chi connectivity index (χ0) is 15.2. The number of rotatable bonds is 3. The van der Waals surface area contributed by atoms with Gasteiger partial charge in [0, 0.05) is 0 Å². The van der Waals surface area contributed by atoms with E-state index in [0.29, 0.717) is 5.82 Å². The molecule has 0 aliphatic heterocycles. The van der Waals surface area contributed by atoms with Crippen molar-refractivity contribution in [1.29, 1.82) is 0 Å². The Morgan fingerprint density at radius 1 is 1.22 bits per heavy atom. The molecule has 0 unspecified atom stereocenters. The largest absolute Gasteiger partial charge is 0.504 e. The van der Waals surface area contributed by atoms with Gasteiger partial charge in [0.05, 0.1) is 17.4 Å². The van der Waals surface area contributed by atoms with Crippen LogP contribution < -0.4 is 5.73 Å². The van der Waals surface area contributed by atoms with E-state index in [1.807, 2.05) is 30.3 Å². The summed E-state index contributed by atoms with van der Waals surface area (Å²) in [7, 11) is 0. The van der Waals surface area contributed by atoms with E-state index in [0.717, 1.165) is 24.9 Å². The first-order valence-electron chi connectivity index (χ1n) is 7.13. The van der Waals surface area contributed by atoms with E-state index in [1.54, 1.807) is 4.68 Å². The smallest absolute Gasteiger partial charge is 0.282 e. The van der Waals surface area contributed by atoms with Gasteiger partial charge in [-0.25, -0.2) is 4.68 Å². The first-order valence-corrected chi connectivity index (χ1v) is 7.13. The van der Waals surface area contributed by atoms with Crippen molar-refractivity contribution in [3.05, 3.63) is 42.4 Å². The Morgan fingerprint density at radius 2 is 1.96 bits per heavy atom. The molecule has 0 atom stereocenters. The molecule has 7 nitrogen and oxygen atoms in total. The number of aromatic nitrogens is 4. The summed E-state index contributed by atoms with van der Waals surface area (Å²) in [6, 6.07) is 9.48. The summed E-state index contributed by atoms with van der Waals surface area (Å²) in [5.74, 6) is 0.639. The standard InChI is InChI=1S/C15H15N5O2.ClH/c16-15(7-4-8-15)14-17-13(22-19-14)12-11(21)9-20(18-12)10-5-2-1-3-6-10;/h1-3,5-6,9,21H,4,7-8,16H2;1H. The topological polar surface area (TPSA) is 103 Å². The minimum absolute atomic E-state index is 0. The van der Waals surface area contributed by atoms with E-state index in [1.165, 1.54) is 6.20 Å². The summed E-state index contributed by atoms with van der Waals surface area (Å²) in [4.78, 5) is 4.30. The first kappa shape index (κ1) is 15.5. The molecule has 0 bridgehead atoms. The van der Waals surface area contributed by atoms with Crippen LogP contribution in [0.4, 0.5) is 0 Å². The first-order chi connectivity index (χ1) is 10.7. The van der Waals surface area contributed by atoms with Crippen LogP contribution in [0.3, 0.4) is 0 Å². The molecule has 1 aromatic carbocycles. The highest BCUT2D eigenvalue weighted by Gasteiger charge is 2.39. The average Bonchev–Trinajstić information content (AvgIpc) is 3.12. The predicted molar refractivity (Wildman–Crippen MR) is 85.5 cm³/mol. The van der Waals surface area contributed by atoms with E-state index < -0.39 is 5.54 Å². The van der Waals surface area contributed by atoms with Gasteiger partial charge < -0.3 is 15.4 Å². The van der Waals surface area contributed by atoms with Gasteiger partial charge in [0.2, 0.25) is 0 Å². The van der Waals surface area contributed by atoms with Crippen molar-refractivity contribution in [3.8, 4) is 23.0 Å². The highest BCUT2D eigenvalue weighted by molar-refractivity contribution is 5.85. The molecule has 1 fully saturated rings. The summed E-state index contributed by atoms with van der Waals surface area (Å²) in [5.41, 5.74) is 6.76. The van der Waals surface area contributed by atoms with Crippen LogP contribution in [0.15, 0.2) is 41.1 Å². The molecule has 1 aliphatic carbocycles. The second-order valence-corrected chi connectivity index (χ2v) is 5.58. The lowest BCUT2D eigenvalue weighted by Crippen LogP contribution is -2.44. The molecule has 2 heterocycles. The highest BCUT2D eigenvalue weighted by Crippen LogP contribution is 2.38. The van der Waals surface area contributed by atoms with Crippen LogP contribution in [-0.4, -0.2) is 25.0 Å². The lowest BCUT2D eigenvalue weighted by molar-refractivity contribution is 0.229. The minimum Gasteiger partial charge on any atom is -0.504 e. The van der Waals surface area contributed by atoms with Crippen LogP contribution in [0, 0.1) is 0 Å². The maximum absolute atomic E-state index is 10.1. The minimum atomic E-state index is -0.501. The molecular weight excluding hydrogens is 318 g/mol. The van der Waals surface area contributed by atoms with Crippen LogP contribution >= 0.6 is 12.4 Å². The number of halogens is 1. The average molecular weight is 334 g/mol. The molecule has 0 amide bonds. The van der Waals surface area contributed by atoms with Crippen molar-refractivity contribution >= 4 is 12.4 Å². The number of para-hydroxylation sites is 1. The van der Waals surface area contributed by atoms with E-state index in [-0.39, 0.29) is 29.7 Å². The molecule has 8 heteroatoms. The molecule has 23 heavy (non-hydrogen) atoms. The third-order valence-corrected chi connectivity index (χ3v) is 4.04. The van der Waals surface area contributed by atoms with Gasteiger partial charge in [-0.15, -0.1) is 12.4 Å². The SMILES string of the molecule is Cl.NC1(c2noc(-c3nn(-c4ccccc4)cc3O)n2)CCC1. The van der Waals surface area contributed by atoms with Gasteiger partial charge in [0.25, 0.3) is 5.89 Å². The molecule has 1 aliphatic rings. The molecule has 3 aromatic rings. The summed E-state index contributed by atoms with van der Waals surface area (Å²) in [6.07, 6.45) is 4.26. The van der Waals surface area contributed by atoms with Gasteiger partial charge in [-0.1, -0.05) is 23.4 Å². The van der Waals surface area contributed by atoms with Crippen LogP contribution in [0.1, 0.15) is 25.1 Å². The normalized spacial score (nSPS) is 15.7. The number of hydrogen-bond donors (Lipinski definition) is 2. The van der Waals surface area contributed by atoms with Crippen molar-refractivity contribution in [2.24, 2.45) is 5.73 Å². The fourth-order valence-corrected chi connectivity index (χ4v) is 2.53. The Balaban J connectivity index is 0.00000156. The molecule has 4 rings (SSSR count). The van der Waals surface area contributed by atoms with E-state index in [4.69, 9.17) is 10.3 Å². The zero-order valence-electron chi connectivity index (χ0n) is 12.2. The van der Waals surface area contributed by atoms with Crippen molar-refractivity contribution < 1.29 is 9.63 Å². The lowest BCUT2D eigenvalue weighted by atomic mass is 9.77. The van der Waals surface area contributed by atoms with Gasteiger partial charge in [0.1, 0.15) is 0 Å². The highest BCUT2D eigenvalue weighted by atomic mass is 35.5. The second-order valence-electron chi connectivity index (χ2n) is 5.58. The van der Waals surface area contributed by atoms with Crippen molar-refractivity contribution in [3.63, 3.8) is 0 Å². The lowest BCUT2D eigenvalue weighted by Gasteiger charge is -2.34. The van der Waals surface area contributed by atoms with Gasteiger partial charge >= 0.3 is 0 Å². The molecule has 120 valence electrons. The summed E-state index contributed by atoms with van der Waals surface area (Å²) < 4.78 is 6.79. The van der Waals surface area contributed by atoms with Crippen LogP contribution in [0.2, 0.25) is 0 Å². The predicted octanol–water partition coefficient (Wildman–Crippen LogP) is 2.39. The molecule has 3 N–H and O–H groups in total. The number of nitrogens with two attached hydrogens (primary N) is 1. The Kier molecular flexibility index (Phi) is 3.83. The Bertz CT molecular complexity index is 810. The van der Waals surface area contributed by atoms with Gasteiger partial charge in [-0.05, 0) is 31.4 Å². The molecule has 2 aromatic heterocycles. The van der Waals surface area contributed by atoms with Gasteiger partial charge in [-0.2, -0.15) is 10.1 Å². The van der Waals surface area contributed by atoms with Crippen LogP contribution in [0.5, 0.6) is 5.75 Å². The van der Waals surface area contributed by atoms with Crippen LogP contribution in [0.25, 0.3) is 17.3 Å². The number of nitrogens with zero attached hydrogens (tertiary/aromatic N) is 4. The van der Waals surface area contributed by atoms with E-state index in [9.17, 15) is 5.11 Å². The van der Waals surface area contributed by atoms with Gasteiger partial charge in [-0.3, -0.25) is 0 Å². The molecular formula is C15H16ClN5O2. The Hall–Kier alpha value is -2.38. The molecule has 0 spiro atoms.